The lowest BCUT2D eigenvalue weighted by atomic mass is 10.2. The molecule has 6 nitrogen and oxygen atoms in total. The fourth-order valence-electron chi connectivity index (χ4n) is 1.65. The fraction of sp³-hybridized carbons (Fsp3) is 0.417. The van der Waals surface area contributed by atoms with Crippen molar-refractivity contribution in [3.63, 3.8) is 0 Å². The van der Waals surface area contributed by atoms with Gasteiger partial charge in [0.2, 0.25) is 0 Å². The molecule has 96 valence electrons. The molecule has 0 aliphatic heterocycles. The molecule has 2 rings (SSSR count). The average Bonchev–Trinajstić information content (AvgIpc) is 2.72. The number of nitrogens with two attached hydrogens (primary N) is 1. The molecule has 0 amide bonds. The van der Waals surface area contributed by atoms with Gasteiger partial charge in [-0.05, 0) is 6.92 Å². The van der Waals surface area contributed by atoms with E-state index in [1.54, 1.807) is 12.3 Å². The van der Waals surface area contributed by atoms with E-state index in [0.29, 0.717) is 31.3 Å². The van der Waals surface area contributed by atoms with Gasteiger partial charge in [0.15, 0.2) is 5.82 Å². The summed E-state index contributed by atoms with van der Waals surface area (Å²) in [6.45, 7) is 2.95. The van der Waals surface area contributed by atoms with E-state index >= 15 is 0 Å². The Bertz CT molecular complexity index is 523. The van der Waals surface area contributed by atoms with Crippen molar-refractivity contribution in [1.82, 2.24) is 19.5 Å². The lowest BCUT2D eigenvalue weighted by molar-refractivity contribution is 0.128. The van der Waals surface area contributed by atoms with Crippen LogP contribution in [0.2, 0.25) is 0 Å². The molecule has 2 aromatic heterocycles. The molecule has 18 heavy (non-hydrogen) atoms. The number of imidazole rings is 1. The zero-order valence-electron chi connectivity index (χ0n) is 10.6. The van der Waals surface area contributed by atoms with Crippen LogP contribution >= 0.6 is 0 Å². The molecule has 0 fully saturated rings. The van der Waals surface area contributed by atoms with Gasteiger partial charge in [-0.15, -0.1) is 0 Å². The van der Waals surface area contributed by atoms with Crippen molar-refractivity contribution in [1.29, 1.82) is 0 Å². The molecule has 2 N–H and O–H groups in total. The number of hydrogen-bond donors (Lipinski definition) is 1. The molecular weight excluding hydrogens is 230 g/mol. The van der Waals surface area contributed by atoms with Crippen LogP contribution in [0.3, 0.4) is 0 Å². The largest absolute Gasteiger partial charge is 0.384 e. The molecule has 0 unspecified atom stereocenters. The Morgan fingerprint density at radius 2 is 2.22 bits per heavy atom. The van der Waals surface area contributed by atoms with E-state index in [0.717, 1.165) is 11.5 Å². The molecular formula is C12H17N5O. The molecule has 0 saturated carbocycles. The third-order valence-corrected chi connectivity index (χ3v) is 2.54. The van der Waals surface area contributed by atoms with Crippen LogP contribution in [-0.4, -0.2) is 26.1 Å². The number of aryl methyl sites for hydroxylation is 1. The smallest absolute Gasteiger partial charge is 0.156 e. The number of ether oxygens (including phenoxy) is 1. The number of nitrogen functional groups attached to an aromatic ring is 1. The van der Waals surface area contributed by atoms with Gasteiger partial charge in [0, 0.05) is 38.5 Å². The molecule has 0 aromatic carbocycles. The summed E-state index contributed by atoms with van der Waals surface area (Å²) in [6.07, 6.45) is 4.30. The van der Waals surface area contributed by atoms with E-state index in [-0.39, 0.29) is 0 Å². The second-order valence-corrected chi connectivity index (χ2v) is 3.97. The topological polar surface area (TPSA) is 78.9 Å². The second-order valence-electron chi connectivity index (χ2n) is 3.97. The first-order chi connectivity index (χ1) is 8.69. The first-order valence-corrected chi connectivity index (χ1v) is 5.85. The summed E-state index contributed by atoms with van der Waals surface area (Å²) < 4.78 is 7.25. The van der Waals surface area contributed by atoms with Crippen molar-refractivity contribution in [2.24, 2.45) is 7.05 Å². The van der Waals surface area contributed by atoms with Crippen LogP contribution in [0.1, 0.15) is 24.3 Å². The van der Waals surface area contributed by atoms with Gasteiger partial charge in [-0.3, -0.25) is 0 Å². The Morgan fingerprint density at radius 3 is 2.89 bits per heavy atom. The maximum Gasteiger partial charge on any atom is 0.156 e. The van der Waals surface area contributed by atoms with Crippen molar-refractivity contribution in [2.75, 3.05) is 12.3 Å². The summed E-state index contributed by atoms with van der Waals surface area (Å²) in [7, 11) is 1.95. The van der Waals surface area contributed by atoms with Crippen LogP contribution in [0.4, 0.5) is 5.82 Å². The molecule has 0 spiro atoms. The summed E-state index contributed by atoms with van der Waals surface area (Å²) in [5.74, 6) is 2.01. The van der Waals surface area contributed by atoms with Crippen LogP contribution < -0.4 is 5.73 Å². The van der Waals surface area contributed by atoms with Crippen molar-refractivity contribution >= 4 is 5.82 Å². The van der Waals surface area contributed by atoms with Gasteiger partial charge in [0.1, 0.15) is 18.2 Å². The summed E-state index contributed by atoms with van der Waals surface area (Å²) in [5.41, 5.74) is 6.62. The van der Waals surface area contributed by atoms with E-state index in [1.165, 1.54) is 0 Å². The molecule has 0 bridgehead atoms. The van der Waals surface area contributed by atoms with Gasteiger partial charge in [0.05, 0.1) is 5.69 Å². The first kappa shape index (κ1) is 12.5. The third-order valence-electron chi connectivity index (χ3n) is 2.54. The Morgan fingerprint density at radius 1 is 1.39 bits per heavy atom. The fourth-order valence-corrected chi connectivity index (χ4v) is 1.65. The highest BCUT2D eigenvalue weighted by molar-refractivity contribution is 5.31. The predicted molar refractivity (Wildman–Crippen MR) is 67.8 cm³/mol. The zero-order chi connectivity index (χ0) is 13.0. The van der Waals surface area contributed by atoms with Gasteiger partial charge in [0.25, 0.3) is 0 Å². The van der Waals surface area contributed by atoms with Crippen molar-refractivity contribution in [2.45, 2.75) is 20.0 Å². The quantitative estimate of drug-likeness (QED) is 0.850. The minimum Gasteiger partial charge on any atom is -0.384 e. The van der Waals surface area contributed by atoms with Gasteiger partial charge in [-0.2, -0.15) is 0 Å². The number of anilines is 1. The van der Waals surface area contributed by atoms with Crippen molar-refractivity contribution < 1.29 is 4.74 Å². The average molecular weight is 247 g/mol. The lowest BCUT2D eigenvalue weighted by Gasteiger charge is -2.06. The SMILES string of the molecule is CCOCc1nc(N)cc(Cc2nccn2C)n1. The Kier molecular flexibility index (Phi) is 3.88. The zero-order valence-corrected chi connectivity index (χ0v) is 10.6. The highest BCUT2D eigenvalue weighted by Crippen LogP contribution is 2.09. The number of rotatable bonds is 5. The Balaban J connectivity index is 2.17. The normalized spacial score (nSPS) is 10.8. The minimum atomic E-state index is 0.384. The maximum atomic E-state index is 5.76. The lowest BCUT2D eigenvalue weighted by Crippen LogP contribution is -2.07. The number of hydrogen-bond acceptors (Lipinski definition) is 5. The van der Waals surface area contributed by atoms with E-state index in [9.17, 15) is 0 Å². The molecule has 0 atom stereocenters. The molecule has 0 saturated heterocycles. The third kappa shape index (κ3) is 3.04. The van der Waals surface area contributed by atoms with Crippen LogP contribution in [0.5, 0.6) is 0 Å². The number of aromatic nitrogens is 4. The van der Waals surface area contributed by atoms with Gasteiger partial charge >= 0.3 is 0 Å². The minimum absolute atomic E-state index is 0.384. The maximum absolute atomic E-state index is 5.76. The summed E-state index contributed by atoms with van der Waals surface area (Å²) in [5, 5.41) is 0. The van der Waals surface area contributed by atoms with E-state index in [4.69, 9.17) is 10.5 Å². The molecule has 0 aliphatic rings. The standard InChI is InChI=1S/C12H17N5O/c1-3-18-8-11-15-9(6-10(13)16-11)7-12-14-4-5-17(12)2/h4-6H,3,7-8H2,1-2H3,(H2,13,15,16). The molecule has 2 aromatic rings. The molecule has 2 heterocycles. The molecule has 0 radical (unpaired) electrons. The van der Waals surface area contributed by atoms with E-state index < -0.39 is 0 Å². The Hall–Kier alpha value is -1.95. The van der Waals surface area contributed by atoms with Crippen LogP contribution in [0, 0.1) is 0 Å². The predicted octanol–water partition coefficient (Wildman–Crippen LogP) is 0.920. The van der Waals surface area contributed by atoms with Gasteiger partial charge in [-0.25, -0.2) is 15.0 Å². The summed E-state index contributed by atoms with van der Waals surface area (Å²) in [4.78, 5) is 12.8. The highest BCUT2D eigenvalue weighted by atomic mass is 16.5. The molecule has 6 heteroatoms. The van der Waals surface area contributed by atoms with E-state index in [1.807, 2.05) is 24.7 Å². The monoisotopic (exact) mass is 247 g/mol. The first-order valence-electron chi connectivity index (χ1n) is 5.85. The highest BCUT2D eigenvalue weighted by Gasteiger charge is 2.06. The van der Waals surface area contributed by atoms with Gasteiger partial charge in [-0.1, -0.05) is 0 Å². The summed E-state index contributed by atoms with van der Waals surface area (Å²) in [6, 6.07) is 1.77. The van der Waals surface area contributed by atoms with Crippen LogP contribution in [0.15, 0.2) is 18.5 Å². The van der Waals surface area contributed by atoms with E-state index in [2.05, 4.69) is 15.0 Å². The number of nitrogens with zero attached hydrogens (tertiary/aromatic N) is 4. The van der Waals surface area contributed by atoms with Crippen LogP contribution in [0.25, 0.3) is 0 Å². The summed E-state index contributed by atoms with van der Waals surface area (Å²) >= 11 is 0. The van der Waals surface area contributed by atoms with Gasteiger partial charge < -0.3 is 15.0 Å². The van der Waals surface area contributed by atoms with Crippen molar-refractivity contribution in [3.05, 3.63) is 35.8 Å². The van der Waals surface area contributed by atoms with Crippen LogP contribution in [-0.2, 0) is 24.8 Å². The Labute approximate surface area is 106 Å². The van der Waals surface area contributed by atoms with Crippen molar-refractivity contribution in [3.8, 4) is 0 Å². The molecule has 0 aliphatic carbocycles. The second kappa shape index (κ2) is 5.59.